The maximum atomic E-state index is 11.8. The lowest BCUT2D eigenvalue weighted by Crippen LogP contribution is -2.39. The van der Waals surface area contributed by atoms with Gasteiger partial charge in [0.05, 0.1) is 5.56 Å². The highest BCUT2D eigenvalue weighted by molar-refractivity contribution is 5.87. The van der Waals surface area contributed by atoms with Gasteiger partial charge in [-0.3, -0.25) is 4.79 Å². The monoisotopic (exact) mass is 443 g/mol. The van der Waals surface area contributed by atoms with Gasteiger partial charge in [-0.05, 0) is 48.1 Å². The Bertz CT molecular complexity index is 1080. The average molecular weight is 444 g/mol. The van der Waals surface area contributed by atoms with E-state index in [2.05, 4.69) is 21.9 Å². The predicted octanol–water partition coefficient (Wildman–Crippen LogP) is 4.14. The molecule has 0 unspecified atom stereocenters. The summed E-state index contributed by atoms with van der Waals surface area (Å²) in [6, 6.07) is 17.9. The fourth-order valence-electron chi connectivity index (χ4n) is 4.00. The van der Waals surface area contributed by atoms with Gasteiger partial charge in [0.25, 0.3) is 0 Å². The highest BCUT2D eigenvalue weighted by atomic mass is 16.5. The zero-order chi connectivity index (χ0) is 23.0. The van der Waals surface area contributed by atoms with Gasteiger partial charge in [-0.25, -0.2) is 9.97 Å². The normalized spacial score (nSPS) is 14.0. The van der Waals surface area contributed by atoms with E-state index in [1.54, 1.807) is 0 Å². The number of nitrogen functional groups attached to an aromatic ring is 1. The molecule has 1 amide bonds. The van der Waals surface area contributed by atoms with Crippen LogP contribution in [0.3, 0.4) is 0 Å². The zero-order valence-corrected chi connectivity index (χ0v) is 18.6. The van der Waals surface area contributed by atoms with Crippen LogP contribution in [0.15, 0.2) is 73.6 Å². The first-order valence-corrected chi connectivity index (χ1v) is 11.2. The molecule has 3 N–H and O–H groups in total. The molecule has 33 heavy (non-hydrogen) atoms. The first kappa shape index (κ1) is 22.3. The Balaban J connectivity index is 1.39. The minimum Gasteiger partial charge on any atom is -0.489 e. The van der Waals surface area contributed by atoms with E-state index < -0.39 is 0 Å². The van der Waals surface area contributed by atoms with Crippen LogP contribution in [-0.2, 0) is 11.4 Å². The number of rotatable bonds is 8. The van der Waals surface area contributed by atoms with Gasteiger partial charge in [-0.15, -0.1) is 0 Å². The van der Waals surface area contributed by atoms with E-state index in [0.29, 0.717) is 24.2 Å². The number of hydrogen-bond acceptors (Lipinski definition) is 6. The molecule has 1 aromatic heterocycles. The Hall–Kier alpha value is -3.87. The van der Waals surface area contributed by atoms with Crippen LogP contribution in [-0.4, -0.2) is 40.4 Å². The fourth-order valence-corrected chi connectivity index (χ4v) is 4.00. The van der Waals surface area contributed by atoms with E-state index in [0.717, 1.165) is 54.9 Å². The first-order chi connectivity index (χ1) is 16.1. The number of nitrogens with two attached hydrogens (primary N) is 1. The van der Waals surface area contributed by atoms with Crippen LogP contribution in [0.2, 0.25) is 0 Å². The van der Waals surface area contributed by atoms with Crippen molar-refractivity contribution in [2.45, 2.75) is 19.4 Å². The Morgan fingerprint density at radius 1 is 1.12 bits per heavy atom. The summed E-state index contributed by atoms with van der Waals surface area (Å²) in [7, 11) is 0. The number of piperidine rings is 1. The van der Waals surface area contributed by atoms with Crippen molar-refractivity contribution in [2.24, 2.45) is 5.92 Å². The van der Waals surface area contributed by atoms with Gasteiger partial charge in [0.1, 0.15) is 30.3 Å². The van der Waals surface area contributed by atoms with Crippen LogP contribution in [0.5, 0.6) is 5.75 Å². The van der Waals surface area contributed by atoms with E-state index in [-0.39, 0.29) is 5.91 Å². The predicted molar refractivity (Wildman–Crippen MR) is 131 cm³/mol. The van der Waals surface area contributed by atoms with E-state index in [1.165, 1.54) is 12.4 Å². The van der Waals surface area contributed by atoms with Crippen LogP contribution >= 0.6 is 0 Å². The number of nitrogens with one attached hydrogen (secondary N) is 1. The average Bonchev–Trinajstić information content (AvgIpc) is 2.87. The maximum Gasteiger partial charge on any atom is 0.245 e. The van der Waals surface area contributed by atoms with Crippen molar-refractivity contribution in [3.8, 4) is 16.9 Å². The minimum atomic E-state index is 0.00321. The molecule has 0 saturated carbocycles. The highest BCUT2D eigenvalue weighted by Crippen LogP contribution is 2.32. The number of nitrogens with zero attached hydrogens (tertiary/aromatic N) is 3. The molecule has 0 radical (unpaired) electrons. The number of carbonyl (C=O) groups is 1. The molecule has 7 nitrogen and oxygen atoms in total. The largest absolute Gasteiger partial charge is 0.489 e. The lowest BCUT2D eigenvalue weighted by Gasteiger charge is -2.31. The van der Waals surface area contributed by atoms with Crippen LogP contribution in [0.25, 0.3) is 11.1 Å². The lowest BCUT2D eigenvalue weighted by atomic mass is 9.96. The maximum absolute atomic E-state index is 11.8. The van der Waals surface area contributed by atoms with Crippen molar-refractivity contribution in [1.82, 2.24) is 14.9 Å². The minimum absolute atomic E-state index is 0.00321. The third-order valence-electron chi connectivity index (χ3n) is 5.93. The molecule has 7 heteroatoms. The van der Waals surface area contributed by atoms with Crippen molar-refractivity contribution < 1.29 is 9.53 Å². The van der Waals surface area contributed by atoms with Crippen LogP contribution in [0.4, 0.5) is 11.6 Å². The number of benzene rings is 2. The van der Waals surface area contributed by atoms with E-state index in [4.69, 9.17) is 10.5 Å². The molecular formula is C26H29N5O2. The summed E-state index contributed by atoms with van der Waals surface area (Å²) in [6.45, 7) is 6.35. The van der Waals surface area contributed by atoms with Gasteiger partial charge in [0.15, 0.2) is 0 Å². The molecule has 2 aromatic carbocycles. The van der Waals surface area contributed by atoms with Crippen molar-refractivity contribution in [3.05, 3.63) is 79.1 Å². The van der Waals surface area contributed by atoms with E-state index in [1.807, 2.05) is 59.5 Å². The Morgan fingerprint density at radius 2 is 1.85 bits per heavy atom. The number of ether oxygens (including phenoxy) is 1. The standard InChI is InChI=1S/C26H29N5O2/c1-2-23(32)31-14-12-19(13-15-31)16-28-26-24(25(27)29-18-30-26)21-8-10-22(11-9-21)33-17-20-6-4-3-5-7-20/h2-11,18-19H,1,12-17H2,(H3,27,28,29,30). The number of anilines is 2. The topological polar surface area (TPSA) is 93.4 Å². The molecular weight excluding hydrogens is 414 g/mol. The van der Waals surface area contributed by atoms with Crippen molar-refractivity contribution in [3.63, 3.8) is 0 Å². The molecule has 170 valence electrons. The second kappa shape index (κ2) is 10.6. The molecule has 3 aromatic rings. The summed E-state index contributed by atoms with van der Waals surface area (Å²) in [5.74, 6) is 2.38. The smallest absolute Gasteiger partial charge is 0.245 e. The number of carbonyl (C=O) groups excluding carboxylic acids is 1. The zero-order valence-electron chi connectivity index (χ0n) is 18.6. The molecule has 4 rings (SSSR count). The van der Waals surface area contributed by atoms with E-state index in [9.17, 15) is 4.79 Å². The molecule has 1 aliphatic rings. The van der Waals surface area contributed by atoms with Gasteiger partial charge < -0.3 is 20.7 Å². The van der Waals surface area contributed by atoms with Crippen LogP contribution in [0, 0.1) is 5.92 Å². The van der Waals surface area contributed by atoms with Gasteiger partial charge in [-0.1, -0.05) is 49.0 Å². The second-order valence-electron chi connectivity index (χ2n) is 8.13. The SMILES string of the molecule is C=CC(=O)N1CCC(CNc2ncnc(N)c2-c2ccc(OCc3ccccc3)cc2)CC1. The van der Waals surface area contributed by atoms with Gasteiger partial charge in [0, 0.05) is 19.6 Å². The van der Waals surface area contributed by atoms with Gasteiger partial charge in [0.2, 0.25) is 5.91 Å². The number of likely N-dealkylation sites (tertiary alicyclic amines) is 1. The second-order valence-corrected chi connectivity index (χ2v) is 8.13. The summed E-state index contributed by atoms with van der Waals surface area (Å²) >= 11 is 0. The quantitative estimate of drug-likeness (QED) is 0.508. The highest BCUT2D eigenvalue weighted by Gasteiger charge is 2.22. The molecule has 0 spiro atoms. The van der Waals surface area contributed by atoms with Crippen LogP contribution in [0.1, 0.15) is 18.4 Å². The summed E-state index contributed by atoms with van der Waals surface area (Å²) in [5.41, 5.74) is 9.05. The molecule has 0 aliphatic carbocycles. The van der Waals surface area contributed by atoms with Gasteiger partial charge in [-0.2, -0.15) is 0 Å². The van der Waals surface area contributed by atoms with Crippen LogP contribution < -0.4 is 15.8 Å². The number of aromatic nitrogens is 2. The Kier molecular flexibility index (Phi) is 7.19. The summed E-state index contributed by atoms with van der Waals surface area (Å²) in [4.78, 5) is 22.3. The van der Waals surface area contributed by atoms with Crippen molar-refractivity contribution >= 4 is 17.5 Å². The summed E-state index contributed by atoms with van der Waals surface area (Å²) in [6.07, 6.45) is 4.74. The number of hydrogen-bond donors (Lipinski definition) is 2. The Labute approximate surface area is 194 Å². The number of amides is 1. The Morgan fingerprint density at radius 3 is 2.55 bits per heavy atom. The third kappa shape index (κ3) is 5.68. The van der Waals surface area contributed by atoms with Crippen molar-refractivity contribution in [1.29, 1.82) is 0 Å². The molecule has 1 aliphatic heterocycles. The molecule has 2 heterocycles. The third-order valence-corrected chi connectivity index (χ3v) is 5.93. The summed E-state index contributed by atoms with van der Waals surface area (Å²) in [5, 5.41) is 3.46. The van der Waals surface area contributed by atoms with E-state index >= 15 is 0 Å². The fraction of sp³-hybridized carbons (Fsp3) is 0.269. The first-order valence-electron chi connectivity index (χ1n) is 11.2. The molecule has 0 bridgehead atoms. The van der Waals surface area contributed by atoms with Crippen molar-refractivity contribution in [2.75, 3.05) is 30.7 Å². The van der Waals surface area contributed by atoms with Gasteiger partial charge >= 0.3 is 0 Å². The lowest BCUT2D eigenvalue weighted by molar-refractivity contribution is -0.127. The molecule has 1 saturated heterocycles. The molecule has 0 atom stereocenters. The summed E-state index contributed by atoms with van der Waals surface area (Å²) < 4.78 is 5.89. The molecule has 1 fully saturated rings.